The third kappa shape index (κ3) is 3.68. The van der Waals surface area contributed by atoms with Crippen LogP contribution in [0.5, 0.6) is 5.75 Å². The van der Waals surface area contributed by atoms with Crippen LogP contribution in [-0.2, 0) is 5.41 Å². The second-order valence-electron chi connectivity index (χ2n) is 8.95. The van der Waals surface area contributed by atoms with Crippen molar-refractivity contribution in [1.29, 1.82) is 0 Å². The largest absolute Gasteiger partial charge is 0.508 e. The smallest absolute Gasteiger partial charge is 0.118 e. The maximum atomic E-state index is 9.94. The van der Waals surface area contributed by atoms with Crippen LogP contribution in [0.3, 0.4) is 0 Å². The minimum absolute atomic E-state index is 0.00722. The van der Waals surface area contributed by atoms with Crippen molar-refractivity contribution in [3.63, 3.8) is 0 Å². The monoisotopic (exact) mass is 352 g/mol. The molecule has 0 radical (unpaired) electrons. The van der Waals surface area contributed by atoms with Crippen LogP contribution in [0.15, 0.2) is 36.4 Å². The first-order valence-corrected chi connectivity index (χ1v) is 9.98. The lowest BCUT2D eigenvalue weighted by Gasteiger charge is -2.35. The van der Waals surface area contributed by atoms with Gasteiger partial charge >= 0.3 is 0 Å². The highest BCUT2D eigenvalue weighted by Crippen LogP contribution is 2.42. The standard InChI is InChI=1S/C25H36O/c1-9-25(10-2,21-12-14-23(26)18(4)16-21)20-11-13-22(17(3)15-20)19(5)24(6,7)8/h11-16,19,26H,9-10H2,1-8H3. The molecular formula is C25H36O. The molecule has 0 saturated carbocycles. The van der Waals surface area contributed by atoms with E-state index in [2.05, 4.69) is 78.8 Å². The third-order valence-corrected chi connectivity index (χ3v) is 6.54. The van der Waals surface area contributed by atoms with E-state index in [4.69, 9.17) is 0 Å². The van der Waals surface area contributed by atoms with Crippen LogP contribution in [0.1, 0.15) is 88.1 Å². The van der Waals surface area contributed by atoms with Crippen molar-refractivity contribution in [3.8, 4) is 5.75 Å². The van der Waals surface area contributed by atoms with Crippen molar-refractivity contribution in [2.24, 2.45) is 5.41 Å². The molecule has 0 aliphatic rings. The van der Waals surface area contributed by atoms with Crippen molar-refractivity contribution >= 4 is 0 Å². The van der Waals surface area contributed by atoms with Gasteiger partial charge in [-0.05, 0) is 71.9 Å². The van der Waals surface area contributed by atoms with Crippen LogP contribution < -0.4 is 0 Å². The molecule has 0 heterocycles. The fourth-order valence-corrected chi connectivity index (χ4v) is 4.11. The number of rotatable bonds is 5. The molecule has 2 aromatic rings. The summed E-state index contributed by atoms with van der Waals surface area (Å²) in [5.74, 6) is 0.894. The number of aromatic hydroxyl groups is 1. The van der Waals surface area contributed by atoms with Crippen LogP contribution in [0, 0.1) is 19.3 Å². The van der Waals surface area contributed by atoms with Gasteiger partial charge in [-0.15, -0.1) is 0 Å². The molecule has 26 heavy (non-hydrogen) atoms. The Hall–Kier alpha value is -1.76. The Bertz CT molecular complexity index is 760. The fraction of sp³-hybridized carbons (Fsp3) is 0.520. The zero-order valence-corrected chi connectivity index (χ0v) is 17.9. The normalized spacial score (nSPS) is 13.7. The van der Waals surface area contributed by atoms with Gasteiger partial charge in [-0.2, -0.15) is 0 Å². The molecule has 0 aromatic heterocycles. The lowest BCUT2D eigenvalue weighted by molar-refractivity contribution is 0.338. The first-order chi connectivity index (χ1) is 12.1. The second kappa shape index (κ2) is 7.47. The van der Waals surface area contributed by atoms with Gasteiger partial charge in [0.15, 0.2) is 0 Å². The minimum Gasteiger partial charge on any atom is -0.508 e. The first-order valence-electron chi connectivity index (χ1n) is 9.98. The maximum absolute atomic E-state index is 9.94. The summed E-state index contributed by atoms with van der Waals surface area (Å²) in [6, 6.07) is 13.2. The number of aryl methyl sites for hydroxylation is 2. The predicted molar refractivity (Wildman–Crippen MR) is 113 cm³/mol. The van der Waals surface area contributed by atoms with Crippen LogP contribution in [-0.4, -0.2) is 5.11 Å². The van der Waals surface area contributed by atoms with E-state index in [-0.39, 0.29) is 10.8 Å². The Morgan fingerprint density at radius 2 is 1.35 bits per heavy atom. The molecule has 0 fully saturated rings. The lowest BCUT2D eigenvalue weighted by Crippen LogP contribution is -2.26. The molecule has 142 valence electrons. The van der Waals surface area contributed by atoms with Crippen molar-refractivity contribution in [2.75, 3.05) is 0 Å². The summed E-state index contributed by atoms with van der Waals surface area (Å²) in [5.41, 5.74) is 6.71. The highest BCUT2D eigenvalue weighted by molar-refractivity contribution is 5.47. The van der Waals surface area contributed by atoms with E-state index in [1.54, 1.807) is 0 Å². The average Bonchev–Trinajstić information content (AvgIpc) is 2.58. The Morgan fingerprint density at radius 3 is 1.77 bits per heavy atom. The topological polar surface area (TPSA) is 20.2 Å². The Balaban J connectivity index is 2.57. The number of hydrogen-bond donors (Lipinski definition) is 1. The molecule has 1 N–H and O–H groups in total. The van der Waals surface area contributed by atoms with Crippen LogP contribution in [0.2, 0.25) is 0 Å². The zero-order chi connectivity index (χ0) is 19.7. The first kappa shape index (κ1) is 20.6. The van der Waals surface area contributed by atoms with Crippen molar-refractivity contribution in [3.05, 3.63) is 64.2 Å². The molecule has 1 nitrogen and oxygen atoms in total. The van der Waals surface area contributed by atoms with Crippen molar-refractivity contribution in [1.82, 2.24) is 0 Å². The maximum Gasteiger partial charge on any atom is 0.118 e. The van der Waals surface area contributed by atoms with Gasteiger partial charge in [0.2, 0.25) is 0 Å². The third-order valence-electron chi connectivity index (χ3n) is 6.54. The Kier molecular flexibility index (Phi) is 5.90. The van der Waals surface area contributed by atoms with E-state index < -0.39 is 0 Å². The molecule has 1 heteroatoms. The van der Waals surface area contributed by atoms with Gasteiger partial charge in [0.05, 0.1) is 0 Å². The number of phenolic OH excluding ortho intramolecular Hbond substituents is 1. The molecule has 1 atom stereocenters. The van der Waals surface area contributed by atoms with E-state index in [1.807, 2.05) is 13.0 Å². The lowest BCUT2D eigenvalue weighted by atomic mass is 9.69. The molecule has 0 aliphatic carbocycles. The van der Waals surface area contributed by atoms with E-state index in [9.17, 15) is 5.11 Å². The zero-order valence-electron chi connectivity index (χ0n) is 17.9. The molecule has 0 bridgehead atoms. The molecule has 1 unspecified atom stereocenters. The highest BCUT2D eigenvalue weighted by atomic mass is 16.3. The molecule has 2 rings (SSSR count). The average molecular weight is 353 g/mol. The summed E-state index contributed by atoms with van der Waals surface area (Å²) in [7, 11) is 0. The SMILES string of the molecule is CCC(CC)(c1ccc(O)c(C)c1)c1ccc(C(C)C(C)(C)C)c(C)c1. The summed E-state index contributed by atoms with van der Waals surface area (Å²) in [4.78, 5) is 0. The van der Waals surface area contributed by atoms with Gasteiger partial charge in [-0.3, -0.25) is 0 Å². The number of benzene rings is 2. The van der Waals surface area contributed by atoms with Gasteiger partial charge in [-0.1, -0.05) is 71.9 Å². The van der Waals surface area contributed by atoms with Gasteiger partial charge in [0.1, 0.15) is 5.75 Å². The molecular weight excluding hydrogens is 316 g/mol. The summed E-state index contributed by atoms with van der Waals surface area (Å²) in [6.45, 7) is 18.0. The van der Waals surface area contributed by atoms with Gasteiger partial charge < -0.3 is 5.11 Å². The van der Waals surface area contributed by atoms with Gasteiger partial charge in [0.25, 0.3) is 0 Å². The van der Waals surface area contributed by atoms with Gasteiger partial charge in [0, 0.05) is 5.41 Å². The predicted octanol–water partition coefficient (Wildman–Crippen LogP) is 7.26. The quantitative estimate of drug-likeness (QED) is 0.600. The molecule has 0 amide bonds. The molecule has 0 aliphatic heterocycles. The van der Waals surface area contributed by atoms with E-state index >= 15 is 0 Å². The Labute approximate surface area is 160 Å². The number of phenols is 1. The summed E-state index contributed by atoms with van der Waals surface area (Å²) in [5, 5.41) is 9.94. The summed E-state index contributed by atoms with van der Waals surface area (Å²) < 4.78 is 0. The summed E-state index contributed by atoms with van der Waals surface area (Å²) >= 11 is 0. The summed E-state index contributed by atoms with van der Waals surface area (Å²) in [6.07, 6.45) is 2.09. The molecule has 2 aromatic carbocycles. The number of hydrogen-bond acceptors (Lipinski definition) is 1. The minimum atomic E-state index is -0.00722. The van der Waals surface area contributed by atoms with Crippen LogP contribution in [0.4, 0.5) is 0 Å². The van der Waals surface area contributed by atoms with E-state index in [0.717, 1.165) is 18.4 Å². The van der Waals surface area contributed by atoms with Gasteiger partial charge in [-0.25, -0.2) is 0 Å². The molecule has 0 spiro atoms. The second-order valence-corrected chi connectivity index (χ2v) is 8.95. The highest BCUT2D eigenvalue weighted by Gasteiger charge is 2.32. The fourth-order valence-electron chi connectivity index (χ4n) is 4.11. The van der Waals surface area contributed by atoms with Crippen molar-refractivity contribution < 1.29 is 5.11 Å². The molecule has 0 saturated heterocycles. The van der Waals surface area contributed by atoms with E-state index in [1.165, 1.54) is 22.3 Å². The van der Waals surface area contributed by atoms with Crippen LogP contribution in [0.25, 0.3) is 0 Å². The Morgan fingerprint density at radius 1 is 0.846 bits per heavy atom. The van der Waals surface area contributed by atoms with Crippen LogP contribution >= 0.6 is 0 Å². The van der Waals surface area contributed by atoms with E-state index in [0.29, 0.717) is 11.7 Å². The van der Waals surface area contributed by atoms with Crippen molar-refractivity contribution in [2.45, 2.75) is 79.6 Å².